The molecule has 0 amide bonds. The standard InChI is InChI=1S/C26H20Br2O2S/c27-17-19-7-5-9-21(15-19)23-11-1-3-13-25(23)31(29,30)26-14-4-2-12-24(26)22-10-6-8-20(16-22)18-28/h1-16H,17-18H2. The van der Waals surface area contributed by atoms with E-state index in [0.717, 1.165) is 22.3 Å². The fourth-order valence-corrected chi connectivity index (χ4v) is 6.04. The SMILES string of the molecule is O=S(=O)(c1ccccc1-c1cccc(CBr)c1)c1ccccc1-c1cccc(CBr)c1. The van der Waals surface area contributed by atoms with Crippen LogP contribution in [0.25, 0.3) is 22.3 Å². The average Bonchev–Trinajstić information content (AvgIpc) is 2.84. The topological polar surface area (TPSA) is 34.1 Å². The molecule has 2 nitrogen and oxygen atoms in total. The maximum Gasteiger partial charge on any atom is 0.207 e. The molecular weight excluding hydrogens is 536 g/mol. The molecule has 0 aliphatic rings. The lowest BCUT2D eigenvalue weighted by Gasteiger charge is -2.15. The summed E-state index contributed by atoms with van der Waals surface area (Å²) in [7, 11) is -3.76. The van der Waals surface area contributed by atoms with Crippen LogP contribution in [0.4, 0.5) is 0 Å². The first kappa shape index (κ1) is 22.0. The number of sulfone groups is 1. The molecule has 0 bridgehead atoms. The van der Waals surface area contributed by atoms with E-state index in [9.17, 15) is 8.42 Å². The van der Waals surface area contributed by atoms with Gasteiger partial charge >= 0.3 is 0 Å². The van der Waals surface area contributed by atoms with Crippen LogP contribution in [-0.4, -0.2) is 8.42 Å². The van der Waals surface area contributed by atoms with E-state index in [0.29, 0.717) is 31.6 Å². The second-order valence-corrected chi connectivity index (χ2v) is 10.2. The molecule has 0 aliphatic carbocycles. The summed E-state index contributed by atoms with van der Waals surface area (Å²) in [6, 6.07) is 30.3. The van der Waals surface area contributed by atoms with Gasteiger partial charge in [0.05, 0.1) is 9.79 Å². The van der Waals surface area contributed by atoms with Gasteiger partial charge < -0.3 is 0 Å². The maximum absolute atomic E-state index is 13.9. The second-order valence-electron chi connectivity index (χ2n) is 7.16. The Labute approximate surface area is 200 Å². The molecular formula is C26H20Br2O2S. The molecule has 4 rings (SSSR count). The van der Waals surface area contributed by atoms with Crippen molar-refractivity contribution < 1.29 is 8.42 Å². The molecule has 4 aromatic rings. The largest absolute Gasteiger partial charge is 0.218 e. The van der Waals surface area contributed by atoms with Gasteiger partial charge in [-0.05, 0) is 34.4 Å². The van der Waals surface area contributed by atoms with Gasteiger partial charge in [0.1, 0.15) is 0 Å². The van der Waals surface area contributed by atoms with E-state index in [1.165, 1.54) is 0 Å². The summed E-state index contributed by atoms with van der Waals surface area (Å²) in [5, 5.41) is 1.42. The minimum atomic E-state index is -3.76. The normalized spacial score (nSPS) is 11.4. The average molecular weight is 556 g/mol. The zero-order valence-electron chi connectivity index (χ0n) is 16.6. The number of benzene rings is 4. The molecule has 0 atom stereocenters. The van der Waals surface area contributed by atoms with Gasteiger partial charge in [0, 0.05) is 21.8 Å². The lowest BCUT2D eigenvalue weighted by Crippen LogP contribution is -2.06. The van der Waals surface area contributed by atoms with Crippen LogP contribution in [0.2, 0.25) is 0 Å². The molecule has 0 aromatic heterocycles. The Morgan fingerprint density at radius 1 is 0.548 bits per heavy atom. The van der Waals surface area contributed by atoms with Crippen LogP contribution < -0.4 is 0 Å². The third kappa shape index (κ3) is 4.54. The van der Waals surface area contributed by atoms with E-state index in [1.54, 1.807) is 24.3 Å². The van der Waals surface area contributed by atoms with Gasteiger partial charge in [0.15, 0.2) is 0 Å². The predicted molar refractivity (Wildman–Crippen MR) is 134 cm³/mol. The van der Waals surface area contributed by atoms with Crippen LogP contribution in [0.15, 0.2) is 107 Å². The molecule has 4 aromatic carbocycles. The predicted octanol–water partition coefficient (Wildman–Crippen LogP) is 7.64. The highest BCUT2D eigenvalue weighted by molar-refractivity contribution is 9.08. The first-order chi connectivity index (χ1) is 15.0. The van der Waals surface area contributed by atoms with Crippen molar-refractivity contribution in [2.75, 3.05) is 0 Å². The highest BCUT2D eigenvalue weighted by Gasteiger charge is 2.25. The lowest BCUT2D eigenvalue weighted by molar-refractivity contribution is 0.596. The number of rotatable bonds is 6. The van der Waals surface area contributed by atoms with Crippen LogP contribution >= 0.6 is 31.9 Å². The first-order valence-corrected chi connectivity index (χ1v) is 13.5. The van der Waals surface area contributed by atoms with Gasteiger partial charge in [-0.25, -0.2) is 8.42 Å². The lowest BCUT2D eigenvalue weighted by atomic mass is 10.0. The third-order valence-electron chi connectivity index (χ3n) is 5.14. The number of alkyl halides is 2. The quantitative estimate of drug-likeness (QED) is 0.229. The molecule has 0 aliphatic heterocycles. The number of hydrogen-bond donors (Lipinski definition) is 0. The van der Waals surface area contributed by atoms with Crippen molar-refractivity contribution in [3.8, 4) is 22.3 Å². The van der Waals surface area contributed by atoms with Crippen molar-refractivity contribution in [2.45, 2.75) is 20.5 Å². The summed E-state index contributed by atoms with van der Waals surface area (Å²) in [4.78, 5) is 0.622. The Morgan fingerprint density at radius 3 is 1.39 bits per heavy atom. The first-order valence-electron chi connectivity index (χ1n) is 9.78. The molecule has 0 unspecified atom stereocenters. The summed E-state index contributed by atoms with van der Waals surface area (Å²) >= 11 is 6.97. The van der Waals surface area contributed by atoms with Crippen molar-refractivity contribution >= 4 is 41.7 Å². The van der Waals surface area contributed by atoms with Crippen LogP contribution in [0.5, 0.6) is 0 Å². The van der Waals surface area contributed by atoms with Gasteiger partial charge in [0.25, 0.3) is 0 Å². The molecule has 31 heavy (non-hydrogen) atoms. The Balaban J connectivity index is 1.90. The van der Waals surface area contributed by atoms with Crippen LogP contribution in [0, 0.1) is 0 Å². The van der Waals surface area contributed by atoms with E-state index in [4.69, 9.17) is 0 Å². The van der Waals surface area contributed by atoms with Gasteiger partial charge in [-0.3, -0.25) is 0 Å². The summed E-state index contributed by atoms with van der Waals surface area (Å²) in [5.41, 5.74) is 5.36. The van der Waals surface area contributed by atoms with Crippen LogP contribution in [-0.2, 0) is 20.5 Å². The zero-order valence-corrected chi connectivity index (χ0v) is 20.6. The molecule has 0 saturated carbocycles. The fourth-order valence-electron chi connectivity index (χ4n) is 3.64. The summed E-state index contributed by atoms with van der Waals surface area (Å²) < 4.78 is 27.8. The van der Waals surface area contributed by atoms with E-state index >= 15 is 0 Å². The fraction of sp³-hybridized carbons (Fsp3) is 0.0769. The van der Waals surface area contributed by atoms with Gasteiger partial charge in [-0.15, -0.1) is 0 Å². The molecule has 0 saturated heterocycles. The highest BCUT2D eigenvalue weighted by atomic mass is 79.9. The smallest absolute Gasteiger partial charge is 0.207 e. The minimum absolute atomic E-state index is 0.311. The van der Waals surface area contributed by atoms with E-state index in [-0.39, 0.29) is 0 Å². The molecule has 5 heteroatoms. The van der Waals surface area contributed by atoms with Crippen molar-refractivity contribution in [1.82, 2.24) is 0 Å². The molecule has 0 fully saturated rings. The maximum atomic E-state index is 13.9. The minimum Gasteiger partial charge on any atom is -0.218 e. The van der Waals surface area contributed by atoms with Crippen molar-refractivity contribution in [1.29, 1.82) is 0 Å². The zero-order chi connectivity index (χ0) is 21.8. The molecule has 0 N–H and O–H groups in total. The van der Waals surface area contributed by atoms with E-state index in [2.05, 4.69) is 31.9 Å². The van der Waals surface area contributed by atoms with Crippen molar-refractivity contribution in [3.05, 3.63) is 108 Å². The van der Waals surface area contributed by atoms with Gasteiger partial charge in [-0.2, -0.15) is 0 Å². The monoisotopic (exact) mass is 554 g/mol. The number of hydrogen-bond acceptors (Lipinski definition) is 2. The van der Waals surface area contributed by atoms with Crippen molar-refractivity contribution in [3.63, 3.8) is 0 Å². The Kier molecular flexibility index (Phi) is 6.75. The van der Waals surface area contributed by atoms with Crippen LogP contribution in [0.1, 0.15) is 11.1 Å². The molecule has 156 valence electrons. The van der Waals surface area contributed by atoms with E-state index < -0.39 is 9.84 Å². The Morgan fingerprint density at radius 2 is 0.968 bits per heavy atom. The Hall–Kier alpha value is -2.21. The summed E-state index contributed by atoms with van der Waals surface area (Å²) in [6.07, 6.45) is 0. The molecule has 0 heterocycles. The highest BCUT2D eigenvalue weighted by Crippen LogP contribution is 2.36. The summed E-state index contributed by atoms with van der Waals surface area (Å²) in [6.45, 7) is 0. The molecule has 0 spiro atoms. The second kappa shape index (κ2) is 9.51. The van der Waals surface area contributed by atoms with Gasteiger partial charge in [-0.1, -0.05) is 117 Å². The van der Waals surface area contributed by atoms with E-state index in [1.807, 2.05) is 72.8 Å². The van der Waals surface area contributed by atoms with Crippen molar-refractivity contribution in [2.24, 2.45) is 0 Å². The number of halogens is 2. The molecule has 0 radical (unpaired) electrons. The third-order valence-corrected chi connectivity index (χ3v) is 8.30. The Bertz CT molecular complexity index is 1230. The summed E-state index contributed by atoms with van der Waals surface area (Å²) in [5.74, 6) is 0. The van der Waals surface area contributed by atoms with Gasteiger partial charge in [0.2, 0.25) is 9.84 Å². The van der Waals surface area contributed by atoms with Crippen LogP contribution in [0.3, 0.4) is 0 Å².